The summed E-state index contributed by atoms with van der Waals surface area (Å²) >= 11 is 9.63. The molecule has 1 unspecified atom stereocenters. The molecular weight excluding hydrogens is 534 g/mol. The molecule has 2 N–H and O–H groups in total. The van der Waals surface area contributed by atoms with Gasteiger partial charge in [0.25, 0.3) is 5.91 Å². The first kappa shape index (κ1) is 26.2. The van der Waals surface area contributed by atoms with E-state index in [0.29, 0.717) is 22.1 Å². The number of carbonyl (C=O) groups is 2. The number of halogens is 2. The molecule has 35 heavy (non-hydrogen) atoms. The summed E-state index contributed by atoms with van der Waals surface area (Å²) in [5, 5.41) is 7.32. The van der Waals surface area contributed by atoms with Crippen LogP contribution < -0.4 is 20.2 Å². The molecule has 0 bridgehead atoms. The van der Waals surface area contributed by atoms with E-state index < -0.39 is 11.9 Å². The molecule has 182 valence electrons. The minimum atomic E-state index is -0.767. The standard InChI is InChI=1S/C26H25BrClN3O4/c1-17(30-25(32)13-18-7-10-22(34-2)11-8-18)26(33)31-29-15-20-14-21(27)9-12-24(20)35-16-19-5-3-4-6-23(19)28/h3-12,14-15,17H,13,16H2,1-2H3,(H,30,32)(H,31,33). The summed E-state index contributed by atoms with van der Waals surface area (Å²) in [6, 6.07) is 19.3. The summed E-state index contributed by atoms with van der Waals surface area (Å²) in [6.45, 7) is 1.87. The van der Waals surface area contributed by atoms with E-state index in [4.69, 9.17) is 21.1 Å². The van der Waals surface area contributed by atoms with Crippen LogP contribution in [0.5, 0.6) is 11.5 Å². The summed E-state index contributed by atoms with van der Waals surface area (Å²) in [5.74, 6) is 0.566. The van der Waals surface area contributed by atoms with Crippen LogP contribution in [0, 0.1) is 0 Å². The lowest BCUT2D eigenvalue weighted by Gasteiger charge is -2.13. The minimum Gasteiger partial charge on any atom is -0.497 e. The van der Waals surface area contributed by atoms with E-state index in [-0.39, 0.29) is 18.9 Å². The highest BCUT2D eigenvalue weighted by atomic mass is 79.9. The van der Waals surface area contributed by atoms with Gasteiger partial charge in [-0.15, -0.1) is 0 Å². The Morgan fingerprint density at radius 3 is 2.57 bits per heavy atom. The second-order valence-corrected chi connectivity index (χ2v) is 8.93. The Morgan fingerprint density at radius 1 is 1.11 bits per heavy atom. The molecule has 2 amide bonds. The molecule has 1 atom stereocenters. The molecule has 7 nitrogen and oxygen atoms in total. The van der Waals surface area contributed by atoms with Crippen molar-refractivity contribution >= 4 is 45.6 Å². The zero-order valence-corrected chi connectivity index (χ0v) is 21.6. The maximum absolute atomic E-state index is 12.4. The molecule has 0 fully saturated rings. The summed E-state index contributed by atoms with van der Waals surface area (Å²) in [6.07, 6.45) is 1.63. The number of nitrogens with zero attached hydrogens (tertiary/aromatic N) is 1. The van der Waals surface area contributed by atoms with Crippen molar-refractivity contribution in [3.05, 3.63) is 92.9 Å². The third kappa shape index (κ3) is 8.12. The number of amides is 2. The average molecular weight is 559 g/mol. The van der Waals surface area contributed by atoms with Gasteiger partial charge in [0.2, 0.25) is 5.91 Å². The molecule has 9 heteroatoms. The molecule has 0 radical (unpaired) electrons. The van der Waals surface area contributed by atoms with E-state index >= 15 is 0 Å². The highest BCUT2D eigenvalue weighted by Crippen LogP contribution is 2.24. The highest BCUT2D eigenvalue weighted by molar-refractivity contribution is 9.10. The fourth-order valence-electron chi connectivity index (χ4n) is 3.07. The van der Waals surface area contributed by atoms with Crippen LogP contribution in [0.3, 0.4) is 0 Å². The van der Waals surface area contributed by atoms with Gasteiger partial charge >= 0.3 is 0 Å². The third-order valence-corrected chi connectivity index (χ3v) is 5.85. The predicted octanol–water partition coefficient (Wildman–Crippen LogP) is 4.89. The number of hydrogen-bond donors (Lipinski definition) is 2. The van der Waals surface area contributed by atoms with E-state index in [1.165, 1.54) is 6.21 Å². The maximum Gasteiger partial charge on any atom is 0.262 e. The van der Waals surface area contributed by atoms with Gasteiger partial charge in [0, 0.05) is 20.6 Å². The molecular formula is C26H25BrClN3O4. The Labute approximate surface area is 217 Å². The van der Waals surface area contributed by atoms with Crippen molar-refractivity contribution < 1.29 is 19.1 Å². The molecule has 0 aliphatic carbocycles. The third-order valence-electron chi connectivity index (χ3n) is 4.99. The second-order valence-electron chi connectivity index (χ2n) is 7.61. The van der Waals surface area contributed by atoms with Crippen molar-refractivity contribution in [2.45, 2.75) is 26.0 Å². The number of carbonyl (C=O) groups excluding carboxylic acids is 2. The van der Waals surface area contributed by atoms with Crippen molar-refractivity contribution in [2.24, 2.45) is 5.10 Å². The smallest absolute Gasteiger partial charge is 0.262 e. The number of methoxy groups -OCH3 is 1. The molecule has 3 aromatic rings. The lowest BCUT2D eigenvalue weighted by molar-refractivity contribution is -0.128. The molecule has 3 rings (SSSR count). The fraction of sp³-hybridized carbons (Fsp3) is 0.192. The van der Waals surface area contributed by atoms with Gasteiger partial charge in [-0.1, -0.05) is 57.9 Å². The van der Waals surface area contributed by atoms with Crippen LogP contribution in [0.25, 0.3) is 0 Å². The SMILES string of the molecule is COc1ccc(CC(=O)NC(C)C(=O)NN=Cc2cc(Br)ccc2OCc2ccccc2Cl)cc1. The van der Waals surface area contributed by atoms with E-state index in [9.17, 15) is 9.59 Å². The van der Waals surface area contributed by atoms with Crippen molar-refractivity contribution in [1.82, 2.24) is 10.7 Å². The van der Waals surface area contributed by atoms with Crippen molar-refractivity contribution in [2.75, 3.05) is 7.11 Å². The number of hydrazone groups is 1. The maximum atomic E-state index is 12.4. The minimum absolute atomic E-state index is 0.148. The van der Waals surface area contributed by atoms with Gasteiger partial charge < -0.3 is 14.8 Å². The van der Waals surface area contributed by atoms with Gasteiger partial charge in [0.05, 0.1) is 19.7 Å². The van der Waals surface area contributed by atoms with Gasteiger partial charge in [0.1, 0.15) is 24.1 Å². The van der Waals surface area contributed by atoms with E-state index in [1.54, 1.807) is 50.4 Å². The molecule has 0 aromatic heterocycles. The molecule has 0 saturated heterocycles. The monoisotopic (exact) mass is 557 g/mol. The Hall–Kier alpha value is -3.36. The summed E-state index contributed by atoms with van der Waals surface area (Å²) in [5.41, 5.74) is 4.77. The van der Waals surface area contributed by atoms with E-state index in [2.05, 4.69) is 31.8 Å². The van der Waals surface area contributed by atoms with Crippen LogP contribution in [-0.4, -0.2) is 31.2 Å². The number of benzene rings is 3. The summed E-state index contributed by atoms with van der Waals surface area (Å²) in [4.78, 5) is 24.7. The average Bonchev–Trinajstić information content (AvgIpc) is 2.84. The van der Waals surface area contributed by atoms with Crippen LogP contribution in [-0.2, 0) is 22.6 Å². The van der Waals surface area contributed by atoms with E-state index in [0.717, 1.165) is 15.6 Å². The van der Waals surface area contributed by atoms with Crippen molar-refractivity contribution in [3.63, 3.8) is 0 Å². The van der Waals surface area contributed by atoms with Gasteiger partial charge in [0.15, 0.2) is 0 Å². The van der Waals surface area contributed by atoms with Gasteiger partial charge in [-0.25, -0.2) is 5.43 Å². The number of ether oxygens (including phenoxy) is 2. The van der Waals surface area contributed by atoms with Crippen molar-refractivity contribution in [3.8, 4) is 11.5 Å². The number of rotatable bonds is 10. The van der Waals surface area contributed by atoms with Crippen LogP contribution in [0.4, 0.5) is 0 Å². The Morgan fingerprint density at radius 2 is 1.86 bits per heavy atom. The molecule has 3 aromatic carbocycles. The van der Waals surface area contributed by atoms with Gasteiger partial charge in [-0.05, 0) is 48.9 Å². The first-order valence-corrected chi connectivity index (χ1v) is 11.9. The van der Waals surface area contributed by atoms with Crippen molar-refractivity contribution in [1.29, 1.82) is 0 Å². The Bertz CT molecular complexity index is 1200. The Balaban J connectivity index is 1.54. The van der Waals surface area contributed by atoms with Gasteiger partial charge in [-0.3, -0.25) is 9.59 Å². The first-order chi connectivity index (χ1) is 16.9. The predicted molar refractivity (Wildman–Crippen MR) is 140 cm³/mol. The fourth-order valence-corrected chi connectivity index (χ4v) is 3.64. The lowest BCUT2D eigenvalue weighted by atomic mass is 10.1. The Kier molecular flexibility index (Phi) is 9.69. The first-order valence-electron chi connectivity index (χ1n) is 10.8. The zero-order valence-electron chi connectivity index (χ0n) is 19.3. The largest absolute Gasteiger partial charge is 0.497 e. The molecule has 0 heterocycles. The molecule has 0 aliphatic heterocycles. The molecule has 0 aliphatic rings. The zero-order chi connectivity index (χ0) is 25.2. The second kappa shape index (κ2) is 12.9. The normalized spacial score (nSPS) is 11.7. The van der Waals surface area contributed by atoms with Gasteiger partial charge in [-0.2, -0.15) is 5.10 Å². The highest BCUT2D eigenvalue weighted by Gasteiger charge is 2.15. The molecule has 0 saturated carbocycles. The topological polar surface area (TPSA) is 89.0 Å². The van der Waals surface area contributed by atoms with Crippen LogP contribution in [0.2, 0.25) is 5.02 Å². The number of nitrogens with one attached hydrogen (secondary N) is 2. The summed E-state index contributed by atoms with van der Waals surface area (Å²) < 4.78 is 11.9. The summed E-state index contributed by atoms with van der Waals surface area (Å²) in [7, 11) is 1.58. The van der Waals surface area contributed by atoms with Crippen LogP contribution >= 0.6 is 27.5 Å². The molecule has 0 spiro atoms. The van der Waals surface area contributed by atoms with E-state index in [1.807, 2.05) is 30.3 Å². The quantitative estimate of drug-likeness (QED) is 0.274. The lowest BCUT2D eigenvalue weighted by Crippen LogP contribution is -2.43. The van der Waals surface area contributed by atoms with Crippen LogP contribution in [0.1, 0.15) is 23.6 Å². The number of hydrogen-bond acceptors (Lipinski definition) is 5. The van der Waals surface area contributed by atoms with Crippen LogP contribution in [0.15, 0.2) is 76.3 Å².